The standard InChI is InChI=1S/C19H15FN2O4.C7H3I2NO/c1-2-7-21-15-9-14(13(20)8-16(15)26-10-17(21)23)22-18(24)11-5-3-4-6-12(11)19(22)25;8-5-1-4(3-10)2-6(9)7(5)11/h1,8-9H,3-7,10H2;1-2,11H. The molecule has 0 spiro atoms. The molecule has 1 N–H and O–H groups in total. The van der Waals surface area contributed by atoms with Gasteiger partial charge in [0.05, 0.1) is 36.7 Å². The minimum absolute atomic E-state index is 0.0170. The Morgan fingerprint density at radius 3 is 2.16 bits per heavy atom. The first-order valence-corrected chi connectivity index (χ1v) is 13.2. The number of anilines is 2. The first kappa shape index (κ1) is 26.9. The van der Waals surface area contributed by atoms with Crippen molar-refractivity contribution in [2.45, 2.75) is 25.7 Å². The summed E-state index contributed by atoms with van der Waals surface area (Å²) in [4.78, 5) is 39.5. The van der Waals surface area contributed by atoms with Crippen molar-refractivity contribution in [2.75, 3.05) is 23.0 Å². The number of imide groups is 1. The van der Waals surface area contributed by atoms with E-state index < -0.39 is 17.6 Å². The monoisotopic (exact) mass is 725 g/mol. The number of hydrogen-bond acceptors (Lipinski definition) is 6. The number of phenols is 1. The molecule has 3 aliphatic rings. The van der Waals surface area contributed by atoms with Crippen LogP contribution in [0.1, 0.15) is 31.2 Å². The number of fused-ring (bicyclic) bond motifs is 1. The number of aromatic hydroxyl groups is 1. The van der Waals surface area contributed by atoms with Gasteiger partial charge in [-0.1, -0.05) is 5.92 Å². The Bertz CT molecular complexity index is 1410. The second-order valence-electron chi connectivity index (χ2n) is 8.25. The molecule has 37 heavy (non-hydrogen) atoms. The van der Waals surface area contributed by atoms with Crippen molar-refractivity contribution in [3.8, 4) is 29.9 Å². The Labute approximate surface area is 239 Å². The molecule has 0 unspecified atom stereocenters. The molecule has 5 rings (SSSR count). The van der Waals surface area contributed by atoms with Gasteiger partial charge in [-0.05, 0) is 89.1 Å². The van der Waals surface area contributed by atoms with Crippen molar-refractivity contribution in [3.05, 3.63) is 53.9 Å². The molecule has 2 aromatic rings. The first-order valence-electron chi connectivity index (χ1n) is 11.1. The number of halogens is 3. The summed E-state index contributed by atoms with van der Waals surface area (Å²) < 4.78 is 21.4. The largest absolute Gasteiger partial charge is 0.506 e. The highest BCUT2D eigenvalue weighted by molar-refractivity contribution is 14.1. The van der Waals surface area contributed by atoms with Crippen molar-refractivity contribution in [1.29, 1.82) is 5.26 Å². The number of phenolic OH excluding ortho intramolecular Hbond substituents is 1. The Morgan fingerprint density at radius 2 is 1.62 bits per heavy atom. The molecule has 2 aliphatic heterocycles. The molecule has 0 aromatic heterocycles. The second kappa shape index (κ2) is 11.1. The molecule has 1 aliphatic carbocycles. The molecule has 2 heterocycles. The fourth-order valence-corrected chi connectivity index (χ4v) is 6.00. The lowest BCUT2D eigenvalue weighted by atomic mass is 9.93. The molecule has 3 amide bonds. The quantitative estimate of drug-likeness (QED) is 0.280. The minimum Gasteiger partial charge on any atom is -0.506 e. The maximum absolute atomic E-state index is 14.7. The number of carbonyl (C=O) groups excluding carboxylic acids is 3. The zero-order chi connectivity index (χ0) is 26.9. The van der Waals surface area contributed by atoms with E-state index in [9.17, 15) is 23.9 Å². The molecule has 2 aromatic carbocycles. The third-order valence-electron chi connectivity index (χ3n) is 6.00. The summed E-state index contributed by atoms with van der Waals surface area (Å²) in [5.74, 6) is 0.661. The molecule has 0 atom stereocenters. The summed E-state index contributed by atoms with van der Waals surface area (Å²) in [5, 5.41) is 17.8. The predicted molar refractivity (Wildman–Crippen MR) is 149 cm³/mol. The van der Waals surface area contributed by atoms with Gasteiger partial charge in [-0.15, -0.1) is 6.42 Å². The highest BCUT2D eigenvalue weighted by atomic mass is 127. The van der Waals surface area contributed by atoms with E-state index in [0.717, 1.165) is 23.8 Å². The van der Waals surface area contributed by atoms with Crippen LogP contribution in [0.2, 0.25) is 0 Å². The zero-order valence-corrected chi connectivity index (χ0v) is 23.5. The van der Waals surface area contributed by atoms with E-state index in [-0.39, 0.29) is 41.9 Å². The molecule has 0 saturated carbocycles. The van der Waals surface area contributed by atoms with E-state index in [1.54, 1.807) is 12.1 Å². The molecule has 0 saturated heterocycles. The maximum Gasteiger partial charge on any atom is 0.265 e. The van der Waals surface area contributed by atoms with Crippen LogP contribution in [0.5, 0.6) is 11.5 Å². The number of rotatable bonds is 2. The van der Waals surface area contributed by atoms with Crippen molar-refractivity contribution in [1.82, 2.24) is 0 Å². The van der Waals surface area contributed by atoms with Gasteiger partial charge >= 0.3 is 0 Å². The fraction of sp³-hybridized carbons (Fsp3) is 0.231. The lowest BCUT2D eigenvalue weighted by molar-refractivity contribution is -0.121. The summed E-state index contributed by atoms with van der Waals surface area (Å²) in [6.45, 7) is -0.262. The highest BCUT2D eigenvalue weighted by Gasteiger charge is 2.41. The smallest absolute Gasteiger partial charge is 0.265 e. The number of nitriles is 1. The van der Waals surface area contributed by atoms with E-state index in [4.69, 9.17) is 16.4 Å². The van der Waals surface area contributed by atoms with Gasteiger partial charge in [0.1, 0.15) is 11.5 Å². The van der Waals surface area contributed by atoms with E-state index in [0.29, 0.717) is 36.7 Å². The van der Waals surface area contributed by atoms with Gasteiger partial charge in [0.15, 0.2) is 12.4 Å². The second-order valence-corrected chi connectivity index (χ2v) is 10.6. The van der Waals surface area contributed by atoms with E-state index in [1.807, 2.05) is 51.3 Å². The van der Waals surface area contributed by atoms with Gasteiger partial charge in [-0.3, -0.25) is 19.3 Å². The number of carbonyl (C=O) groups is 3. The van der Waals surface area contributed by atoms with E-state index in [2.05, 4.69) is 5.92 Å². The SMILES string of the molecule is C#CCN1C(=O)COc2cc(F)c(N3C(=O)C4=C(CCCC4)C3=O)cc21.N#Cc1cc(I)c(O)c(I)c1. The molecule has 0 bridgehead atoms. The Hall–Kier alpha value is -3.17. The van der Waals surface area contributed by atoms with Crippen LogP contribution in [0, 0.1) is 36.6 Å². The lowest BCUT2D eigenvalue weighted by Gasteiger charge is -2.29. The van der Waals surface area contributed by atoms with Crippen molar-refractivity contribution >= 4 is 74.3 Å². The van der Waals surface area contributed by atoms with Crippen molar-refractivity contribution in [3.63, 3.8) is 0 Å². The summed E-state index contributed by atoms with van der Waals surface area (Å²) in [5.41, 5.74) is 1.57. The summed E-state index contributed by atoms with van der Waals surface area (Å²) in [6, 6.07) is 7.68. The number of terminal acetylenes is 1. The molecule has 8 nitrogen and oxygen atoms in total. The molecule has 11 heteroatoms. The molecular formula is C26H18FI2N3O5. The van der Waals surface area contributed by atoms with Crippen molar-refractivity contribution < 1.29 is 28.6 Å². The number of ether oxygens (including phenoxy) is 1. The highest BCUT2D eigenvalue weighted by Crippen LogP contribution is 2.41. The van der Waals surface area contributed by atoms with Crippen LogP contribution in [0.3, 0.4) is 0 Å². The number of amides is 3. The molecule has 188 valence electrons. The van der Waals surface area contributed by atoms with Crippen molar-refractivity contribution in [2.24, 2.45) is 0 Å². The third kappa shape index (κ3) is 5.15. The lowest BCUT2D eigenvalue weighted by Crippen LogP contribution is -2.39. The Balaban J connectivity index is 0.000000245. The topological polar surface area (TPSA) is 111 Å². The fourth-order valence-electron chi connectivity index (χ4n) is 4.24. The predicted octanol–water partition coefficient (Wildman–Crippen LogP) is 4.40. The average molecular weight is 725 g/mol. The third-order valence-corrected chi connectivity index (χ3v) is 7.64. The molecular weight excluding hydrogens is 707 g/mol. The van der Waals surface area contributed by atoms with Gasteiger partial charge in [0.2, 0.25) is 0 Å². The summed E-state index contributed by atoms with van der Waals surface area (Å²) in [7, 11) is 0. The van der Waals surface area contributed by atoms with Gasteiger partial charge in [0, 0.05) is 17.2 Å². The van der Waals surface area contributed by atoms with Gasteiger partial charge in [-0.2, -0.15) is 5.26 Å². The van der Waals surface area contributed by atoms with Crippen LogP contribution in [-0.4, -0.2) is 36.0 Å². The minimum atomic E-state index is -0.764. The zero-order valence-electron chi connectivity index (χ0n) is 19.2. The van der Waals surface area contributed by atoms with Gasteiger partial charge in [-0.25, -0.2) is 9.29 Å². The van der Waals surface area contributed by atoms with Crippen LogP contribution in [-0.2, 0) is 14.4 Å². The first-order chi connectivity index (χ1) is 17.7. The summed E-state index contributed by atoms with van der Waals surface area (Å²) in [6.07, 6.45) is 8.01. The Morgan fingerprint density at radius 1 is 1.03 bits per heavy atom. The van der Waals surface area contributed by atoms with E-state index >= 15 is 0 Å². The van der Waals surface area contributed by atoms with Gasteiger partial charge < -0.3 is 9.84 Å². The Kier molecular flexibility index (Phi) is 8.04. The van der Waals surface area contributed by atoms with E-state index in [1.165, 1.54) is 11.0 Å². The summed E-state index contributed by atoms with van der Waals surface area (Å²) >= 11 is 3.99. The van der Waals surface area contributed by atoms with Crippen LogP contribution in [0.25, 0.3) is 0 Å². The molecule has 0 radical (unpaired) electrons. The number of nitrogens with zero attached hydrogens (tertiary/aromatic N) is 3. The van der Waals surface area contributed by atoms with Crippen LogP contribution in [0.4, 0.5) is 15.8 Å². The maximum atomic E-state index is 14.7. The van der Waals surface area contributed by atoms with Gasteiger partial charge in [0.25, 0.3) is 17.7 Å². The number of benzene rings is 2. The molecule has 0 fully saturated rings. The van der Waals surface area contributed by atoms with Crippen LogP contribution >= 0.6 is 45.2 Å². The average Bonchev–Trinajstić information content (AvgIpc) is 3.14. The van der Waals surface area contributed by atoms with Crippen LogP contribution in [0.15, 0.2) is 35.4 Å². The number of hydrogen-bond donors (Lipinski definition) is 1. The normalized spacial score (nSPS) is 16.3. The van der Waals surface area contributed by atoms with Crippen LogP contribution < -0.4 is 14.5 Å².